The molecule has 340 valence electrons. The number of hydrogen-bond donors (Lipinski definition) is 1. The first-order valence-corrected chi connectivity index (χ1v) is 24.2. The maximum atomic E-state index is 13.9. The number of aryl methyl sites for hydroxylation is 1. The van der Waals surface area contributed by atoms with Gasteiger partial charge in [0.1, 0.15) is 18.1 Å². The molecule has 5 aromatic carbocycles. The zero-order valence-corrected chi connectivity index (χ0v) is 39.1. The van der Waals surface area contributed by atoms with Crippen LogP contribution in [0.4, 0.5) is 11.4 Å². The van der Waals surface area contributed by atoms with Crippen LogP contribution >= 0.6 is 34.7 Å². The first-order valence-electron chi connectivity index (χ1n) is 22.2. The summed E-state index contributed by atoms with van der Waals surface area (Å²) < 4.78 is 32.9. The van der Waals surface area contributed by atoms with E-state index in [1.807, 2.05) is 48.7 Å². The molecule has 0 bridgehead atoms. The standard InChI is InChI=1S/C51H51ClN6O6S2/c1-2-57-44-17-9-36(30-43(44)42-16-12-38(31-46(42)57)48-8-5-29-65-48)33-53-19-21-60-23-25-62-27-28-63-26-24-61-22-20-56-34-40(54-55-56)35-64-41-14-10-37(11-15-41)51(59)58-45-6-3-4-7-49(45)66-50-18-13-39(52)32-47(50)58/h3-18,29-32,34,53H,2,19-28,33,35H2,1H3. The molecule has 66 heavy (non-hydrogen) atoms. The predicted octanol–water partition coefficient (Wildman–Crippen LogP) is 10.7. The molecule has 1 aliphatic heterocycles. The highest BCUT2D eigenvalue weighted by atomic mass is 35.5. The average Bonchev–Trinajstić information content (AvgIpc) is 4.12. The number of ether oxygens (including phenoxy) is 5. The van der Waals surface area contributed by atoms with Gasteiger partial charge >= 0.3 is 0 Å². The number of amides is 1. The highest BCUT2D eigenvalue weighted by Gasteiger charge is 2.29. The third-order valence-corrected chi connectivity index (χ3v) is 13.4. The van der Waals surface area contributed by atoms with Gasteiger partial charge in [-0.25, -0.2) is 4.68 Å². The van der Waals surface area contributed by atoms with Crippen molar-refractivity contribution in [2.45, 2.75) is 43.0 Å². The number of carbonyl (C=O) groups is 1. The Hall–Kier alpha value is -5.55. The average molecular weight is 944 g/mol. The van der Waals surface area contributed by atoms with Gasteiger partial charge in [0.2, 0.25) is 0 Å². The molecular formula is C51H51ClN6O6S2. The fraction of sp³-hybridized carbons (Fsp3) is 0.275. The van der Waals surface area contributed by atoms with Crippen LogP contribution in [0, 0.1) is 0 Å². The lowest BCUT2D eigenvalue weighted by atomic mass is 10.1. The SMILES string of the molecule is CCn1c2ccc(CNCCOCCOCCOCCOCCn3cc(COc4ccc(C(=O)N5c6ccccc6Sc6ccc(Cl)cc65)cc4)nn3)cc2c2ccc(-c3cccs3)cc21. The maximum Gasteiger partial charge on any atom is 0.262 e. The molecule has 0 aliphatic carbocycles. The maximum absolute atomic E-state index is 13.9. The van der Waals surface area contributed by atoms with E-state index in [4.69, 9.17) is 35.3 Å². The van der Waals surface area contributed by atoms with Crippen LogP contribution in [0.2, 0.25) is 5.02 Å². The molecule has 4 heterocycles. The van der Waals surface area contributed by atoms with Gasteiger partial charge < -0.3 is 33.6 Å². The van der Waals surface area contributed by atoms with Crippen LogP contribution in [0.3, 0.4) is 0 Å². The monoisotopic (exact) mass is 942 g/mol. The Morgan fingerprint density at radius 1 is 0.727 bits per heavy atom. The molecule has 12 nitrogen and oxygen atoms in total. The topological polar surface area (TPSA) is 114 Å². The van der Waals surface area contributed by atoms with Gasteiger partial charge in [0.05, 0.1) is 77.0 Å². The Morgan fingerprint density at radius 2 is 1.50 bits per heavy atom. The number of nitrogens with zero attached hydrogens (tertiary/aromatic N) is 5. The van der Waals surface area contributed by atoms with E-state index >= 15 is 0 Å². The Kier molecular flexibility index (Phi) is 15.4. The van der Waals surface area contributed by atoms with Crippen LogP contribution in [-0.4, -0.2) is 84.9 Å². The summed E-state index contributed by atoms with van der Waals surface area (Å²) in [5.74, 6) is 0.467. The van der Waals surface area contributed by atoms with Gasteiger partial charge in [-0.05, 0) is 102 Å². The van der Waals surface area contributed by atoms with Crippen LogP contribution in [0.15, 0.2) is 137 Å². The Labute approximate surface area is 397 Å². The summed E-state index contributed by atoms with van der Waals surface area (Å²) in [5.41, 5.74) is 7.89. The highest BCUT2D eigenvalue weighted by molar-refractivity contribution is 7.99. The molecule has 1 aliphatic rings. The fourth-order valence-electron chi connectivity index (χ4n) is 7.93. The lowest BCUT2D eigenvalue weighted by molar-refractivity contribution is -0.00245. The van der Waals surface area contributed by atoms with Gasteiger partial charge in [0.25, 0.3) is 5.91 Å². The normalized spacial score (nSPS) is 12.2. The van der Waals surface area contributed by atoms with Crippen molar-refractivity contribution >= 4 is 73.8 Å². The minimum absolute atomic E-state index is 0.150. The molecular weight excluding hydrogens is 892 g/mol. The van der Waals surface area contributed by atoms with Crippen LogP contribution in [0.1, 0.15) is 28.5 Å². The van der Waals surface area contributed by atoms with Crippen molar-refractivity contribution in [2.24, 2.45) is 0 Å². The van der Waals surface area contributed by atoms with Gasteiger partial charge in [-0.3, -0.25) is 9.69 Å². The number of aromatic nitrogens is 4. The molecule has 0 atom stereocenters. The summed E-state index contributed by atoms with van der Waals surface area (Å²) in [5, 5.41) is 17.2. The van der Waals surface area contributed by atoms with E-state index in [1.54, 1.807) is 56.9 Å². The molecule has 0 saturated heterocycles. The number of nitrogens with one attached hydrogen (secondary N) is 1. The van der Waals surface area contributed by atoms with Crippen molar-refractivity contribution in [1.29, 1.82) is 0 Å². The molecule has 0 fully saturated rings. The predicted molar refractivity (Wildman–Crippen MR) is 263 cm³/mol. The summed E-state index contributed by atoms with van der Waals surface area (Å²) in [7, 11) is 0. The number of fused-ring (bicyclic) bond motifs is 5. The van der Waals surface area contributed by atoms with E-state index in [0.717, 1.165) is 40.8 Å². The van der Waals surface area contributed by atoms with Gasteiger partial charge in [-0.1, -0.05) is 65.0 Å². The number of hydrogen-bond acceptors (Lipinski definition) is 11. The fourth-order valence-corrected chi connectivity index (χ4v) is 9.86. The zero-order chi connectivity index (χ0) is 45.1. The van der Waals surface area contributed by atoms with Crippen LogP contribution in [0.25, 0.3) is 32.2 Å². The minimum Gasteiger partial charge on any atom is -0.487 e. The lowest BCUT2D eigenvalue weighted by Gasteiger charge is -2.31. The van der Waals surface area contributed by atoms with Gasteiger partial charge in [-0.2, -0.15) is 0 Å². The van der Waals surface area contributed by atoms with E-state index < -0.39 is 0 Å². The molecule has 0 saturated carbocycles. The Morgan fingerprint density at radius 3 is 2.29 bits per heavy atom. The second kappa shape index (κ2) is 22.3. The minimum atomic E-state index is -0.150. The van der Waals surface area contributed by atoms with E-state index in [2.05, 4.69) is 81.0 Å². The quantitative estimate of drug-likeness (QED) is 0.0622. The van der Waals surface area contributed by atoms with E-state index in [0.29, 0.717) is 81.4 Å². The molecule has 9 rings (SSSR count). The molecule has 1 amide bonds. The van der Waals surface area contributed by atoms with Crippen molar-refractivity contribution in [2.75, 3.05) is 64.3 Å². The number of anilines is 2. The zero-order valence-electron chi connectivity index (χ0n) is 36.7. The smallest absolute Gasteiger partial charge is 0.262 e. The summed E-state index contributed by atoms with van der Waals surface area (Å²) in [4.78, 5) is 18.9. The van der Waals surface area contributed by atoms with Crippen molar-refractivity contribution < 1.29 is 28.5 Å². The Bertz CT molecular complexity index is 2870. The van der Waals surface area contributed by atoms with E-state index in [1.165, 1.54) is 37.8 Å². The van der Waals surface area contributed by atoms with Crippen LogP contribution < -0.4 is 15.0 Å². The van der Waals surface area contributed by atoms with Gasteiger partial charge in [-0.15, -0.1) is 16.4 Å². The first-order chi connectivity index (χ1) is 32.5. The molecule has 8 aromatic rings. The lowest BCUT2D eigenvalue weighted by Crippen LogP contribution is -2.28. The number of para-hydroxylation sites is 1. The van der Waals surface area contributed by atoms with E-state index in [-0.39, 0.29) is 12.5 Å². The molecule has 15 heteroatoms. The molecule has 0 spiro atoms. The number of carbonyl (C=O) groups excluding carboxylic acids is 1. The third kappa shape index (κ3) is 11.0. The van der Waals surface area contributed by atoms with E-state index in [9.17, 15) is 4.79 Å². The number of benzene rings is 5. The van der Waals surface area contributed by atoms with Gasteiger partial charge in [0, 0.05) is 66.7 Å². The van der Waals surface area contributed by atoms with Crippen molar-refractivity contribution in [3.63, 3.8) is 0 Å². The van der Waals surface area contributed by atoms with Crippen molar-refractivity contribution in [3.05, 3.63) is 149 Å². The summed E-state index contributed by atoms with van der Waals surface area (Å²) in [6, 6.07) is 38.5. The van der Waals surface area contributed by atoms with Crippen molar-refractivity contribution in [1.82, 2.24) is 24.9 Å². The molecule has 0 unspecified atom stereocenters. The summed E-state index contributed by atoms with van der Waals surface area (Å²) >= 11 is 9.75. The molecule has 3 aromatic heterocycles. The number of thiophene rings is 1. The number of rotatable bonds is 23. The molecule has 1 N–H and O–H groups in total. The first kappa shape index (κ1) is 45.6. The number of halogens is 1. The second-order valence-corrected chi connectivity index (χ2v) is 18.0. The van der Waals surface area contributed by atoms with Crippen molar-refractivity contribution in [3.8, 4) is 16.2 Å². The van der Waals surface area contributed by atoms with Gasteiger partial charge in [0.15, 0.2) is 0 Å². The highest BCUT2D eigenvalue weighted by Crippen LogP contribution is 2.49. The second-order valence-electron chi connectivity index (χ2n) is 15.5. The Balaban J connectivity index is 0.597. The largest absolute Gasteiger partial charge is 0.487 e. The summed E-state index contributed by atoms with van der Waals surface area (Å²) in [6.07, 6.45) is 1.83. The van der Waals surface area contributed by atoms with Crippen LogP contribution in [0.5, 0.6) is 5.75 Å². The summed E-state index contributed by atoms with van der Waals surface area (Å²) in [6.45, 7) is 9.54. The van der Waals surface area contributed by atoms with Crippen LogP contribution in [-0.2, 0) is 45.2 Å². The third-order valence-electron chi connectivity index (χ3n) is 11.2. The molecule has 0 radical (unpaired) electrons.